The van der Waals surface area contributed by atoms with E-state index >= 15 is 0 Å². The van der Waals surface area contributed by atoms with Crippen LogP contribution in [0.25, 0.3) is 22.1 Å². The van der Waals surface area contributed by atoms with Crippen LogP contribution in [0.15, 0.2) is 40.5 Å². The van der Waals surface area contributed by atoms with Crippen molar-refractivity contribution >= 4 is 51.3 Å². The molecule has 5 rings (SSSR count). The minimum absolute atomic E-state index is 0.0899. The van der Waals surface area contributed by atoms with Crippen molar-refractivity contribution in [3.63, 3.8) is 0 Å². The maximum Gasteiger partial charge on any atom is 0.205 e. The molecule has 0 bridgehead atoms. The lowest BCUT2D eigenvalue weighted by Gasteiger charge is -2.35. The number of nitrogen functional groups attached to an aromatic ring is 1. The minimum atomic E-state index is -0.694. The summed E-state index contributed by atoms with van der Waals surface area (Å²) in [4.78, 5) is 8.09. The van der Waals surface area contributed by atoms with E-state index in [4.69, 9.17) is 38.1 Å². The molecule has 1 fully saturated rings. The van der Waals surface area contributed by atoms with Crippen LogP contribution in [-0.2, 0) is 6.54 Å². The SMILES string of the molecule is C[C@@H]1CN(Cc2cc(-c3coc4c(O[C@H](C)c5c(Cl)ccc(F)c5Cl)c(N)ncc34)cs2)C[C@H](C)N1. The van der Waals surface area contributed by atoms with Gasteiger partial charge in [-0.1, -0.05) is 23.2 Å². The average Bonchev–Trinajstić information content (AvgIpc) is 3.44. The highest BCUT2D eigenvalue weighted by molar-refractivity contribution is 7.10. The minimum Gasteiger partial charge on any atom is -0.478 e. The van der Waals surface area contributed by atoms with Crippen LogP contribution in [0, 0.1) is 5.82 Å². The van der Waals surface area contributed by atoms with Gasteiger partial charge in [-0.15, -0.1) is 11.3 Å². The van der Waals surface area contributed by atoms with E-state index in [1.807, 2.05) is 0 Å². The fourth-order valence-electron chi connectivity index (χ4n) is 4.86. The Balaban J connectivity index is 1.42. The van der Waals surface area contributed by atoms with Crippen molar-refractivity contribution in [3.8, 4) is 16.9 Å². The maximum absolute atomic E-state index is 14.1. The van der Waals surface area contributed by atoms with Gasteiger partial charge in [0.25, 0.3) is 0 Å². The summed E-state index contributed by atoms with van der Waals surface area (Å²) in [6.45, 7) is 9.10. The highest BCUT2D eigenvalue weighted by Gasteiger charge is 2.24. The summed E-state index contributed by atoms with van der Waals surface area (Å²) in [6.07, 6.45) is 2.67. The number of nitrogens with two attached hydrogens (primary N) is 1. The second-order valence-corrected chi connectivity index (χ2v) is 11.1. The number of furan rings is 1. The number of ether oxygens (including phenoxy) is 1. The molecule has 1 aromatic carbocycles. The molecule has 4 heterocycles. The van der Waals surface area contributed by atoms with Gasteiger partial charge in [-0.3, -0.25) is 4.90 Å². The fourth-order valence-corrected chi connectivity index (χ4v) is 6.47. The molecule has 3 aromatic heterocycles. The van der Waals surface area contributed by atoms with Gasteiger partial charge in [-0.05, 0) is 49.9 Å². The molecule has 1 aliphatic rings. The van der Waals surface area contributed by atoms with Gasteiger partial charge in [0, 0.05) is 58.9 Å². The number of rotatable bonds is 6. The summed E-state index contributed by atoms with van der Waals surface area (Å²) < 4.78 is 26.1. The highest BCUT2D eigenvalue weighted by Crippen LogP contribution is 2.42. The number of halogens is 3. The molecule has 190 valence electrons. The van der Waals surface area contributed by atoms with Crippen LogP contribution in [0.2, 0.25) is 10.0 Å². The molecule has 1 saturated heterocycles. The number of nitrogens with zero attached hydrogens (tertiary/aromatic N) is 2. The zero-order valence-electron chi connectivity index (χ0n) is 20.1. The Kier molecular flexibility index (Phi) is 7.16. The summed E-state index contributed by atoms with van der Waals surface area (Å²) in [5.74, 6) is -0.150. The summed E-state index contributed by atoms with van der Waals surface area (Å²) >= 11 is 14.2. The number of benzene rings is 1. The molecule has 3 atom stereocenters. The Morgan fingerprint density at radius 3 is 2.81 bits per heavy atom. The fraction of sp³-hybridized carbons (Fsp3) is 0.346. The second-order valence-electron chi connectivity index (χ2n) is 9.35. The first kappa shape index (κ1) is 25.3. The van der Waals surface area contributed by atoms with Crippen LogP contribution >= 0.6 is 34.5 Å². The number of aromatic nitrogens is 1. The summed E-state index contributed by atoms with van der Waals surface area (Å²) in [5.41, 5.74) is 8.90. The third kappa shape index (κ3) is 4.93. The van der Waals surface area contributed by atoms with Crippen LogP contribution < -0.4 is 15.8 Å². The third-order valence-corrected chi connectivity index (χ3v) is 7.99. The van der Waals surface area contributed by atoms with E-state index in [-0.39, 0.29) is 16.6 Å². The largest absolute Gasteiger partial charge is 0.478 e. The smallest absolute Gasteiger partial charge is 0.205 e. The average molecular weight is 549 g/mol. The molecule has 0 amide bonds. The van der Waals surface area contributed by atoms with E-state index in [0.717, 1.165) is 36.1 Å². The van der Waals surface area contributed by atoms with E-state index in [1.54, 1.807) is 30.7 Å². The Bertz CT molecular complexity index is 1400. The number of hydrogen-bond acceptors (Lipinski definition) is 7. The van der Waals surface area contributed by atoms with Gasteiger partial charge < -0.3 is 20.2 Å². The number of fused-ring (bicyclic) bond motifs is 1. The van der Waals surface area contributed by atoms with Gasteiger partial charge in [0.15, 0.2) is 11.4 Å². The lowest BCUT2D eigenvalue weighted by Crippen LogP contribution is -2.53. The number of thiophene rings is 1. The topological polar surface area (TPSA) is 76.6 Å². The number of nitrogens with one attached hydrogen (secondary N) is 1. The maximum atomic E-state index is 14.1. The van der Waals surface area contributed by atoms with Gasteiger partial charge in [0.2, 0.25) is 5.75 Å². The van der Waals surface area contributed by atoms with Crippen LogP contribution in [0.1, 0.15) is 37.3 Å². The van der Waals surface area contributed by atoms with Crippen LogP contribution in [0.5, 0.6) is 5.75 Å². The van der Waals surface area contributed by atoms with Crippen molar-refractivity contribution in [1.82, 2.24) is 15.2 Å². The van der Waals surface area contributed by atoms with Gasteiger partial charge in [-0.2, -0.15) is 0 Å². The zero-order valence-corrected chi connectivity index (χ0v) is 22.5. The number of pyridine rings is 1. The van der Waals surface area contributed by atoms with E-state index in [2.05, 4.69) is 40.5 Å². The van der Waals surface area contributed by atoms with Gasteiger partial charge >= 0.3 is 0 Å². The quantitative estimate of drug-likeness (QED) is 0.255. The lowest BCUT2D eigenvalue weighted by molar-refractivity contribution is 0.168. The Labute approximate surface area is 223 Å². The van der Waals surface area contributed by atoms with E-state index in [1.165, 1.54) is 17.0 Å². The Hall–Kier alpha value is -2.36. The molecule has 4 aromatic rings. The molecule has 36 heavy (non-hydrogen) atoms. The molecule has 1 aliphatic heterocycles. The first-order valence-corrected chi connectivity index (χ1v) is 13.4. The second kappa shape index (κ2) is 10.2. The summed E-state index contributed by atoms with van der Waals surface area (Å²) in [6, 6.07) is 5.80. The molecule has 0 unspecified atom stereocenters. The Morgan fingerprint density at radius 1 is 1.31 bits per heavy atom. The molecule has 6 nitrogen and oxygen atoms in total. The third-order valence-electron chi connectivity index (χ3n) is 6.36. The molecule has 10 heteroatoms. The van der Waals surface area contributed by atoms with Crippen LogP contribution in [0.4, 0.5) is 10.2 Å². The first-order chi connectivity index (χ1) is 17.2. The van der Waals surface area contributed by atoms with Crippen molar-refractivity contribution in [2.75, 3.05) is 18.8 Å². The molecule has 0 aliphatic carbocycles. The number of hydrogen-bond donors (Lipinski definition) is 2. The lowest BCUT2D eigenvalue weighted by atomic mass is 10.1. The van der Waals surface area contributed by atoms with Crippen molar-refractivity contribution in [3.05, 3.63) is 62.3 Å². The normalized spacial score (nSPS) is 19.6. The van der Waals surface area contributed by atoms with E-state index in [9.17, 15) is 4.39 Å². The van der Waals surface area contributed by atoms with Crippen molar-refractivity contribution < 1.29 is 13.5 Å². The van der Waals surface area contributed by atoms with E-state index < -0.39 is 11.9 Å². The number of anilines is 1. The van der Waals surface area contributed by atoms with Gasteiger partial charge in [-0.25, -0.2) is 9.37 Å². The van der Waals surface area contributed by atoms with Crippen molar-refractivity contribution in [2.24, 2.45) is 0 Å². The standard InChI is InChI=1S/C26H27Cl2FN4O2S/c1-13-8-33(9-14(2)32-13)10-17-6-16(12-36-17)19-11-34-24-18(19)7-31-26(30)25(24)35-15(3)22-20(27)4-5-21(29)23(22)28/h4-7,11-15,32H,8-10H2,1-3H3,(H2,30,31)/t13-,14+,15-/m1/s1. The molecular formula is C26H27Cl2FN4O2S. The monoisotopic (exact) mass is 548 g/mol. The molecule has 0 spiro atoms. The van der Waals surface area contributed by atoms with Gasteiger partial charge in [0.05, 0.1) is 16.7 Å². The highest BCUT2D eigenvalue weighted by atomic mass is 35.5. The van der Waals surface area contributed by atoms with Crippen LogP contribution in [0.3, 0.4) is 0 Å². The van der Waals surface area contributed by atoms with Crippen LogP contribution in [-0.4, -0.2) is 35.1 Å². The molecule has 3 N–H and O–H groups in total. The number of piperazine rings is 1. The summed E-state index contributed by atoms with van der Waals surface area (Å²) in [5, 5.41) is 6.68. The Morgan fingerprint density at radius 2 is 2.06 bits per heavy atom. The molecule has 0 saturated carbocycles. The molecule has 0 radical (unpaired) electrons. The van der Waals surface area contributed by atoms with E-state index in [0.29, 0.717) is 28.3 Å². The zero-order chi connectivity index (χ0) is 25.6. The van der Waals surface area contributed by atoms with Crippen molar-refractivity contribution in [2.45, 2.75) is 45.5 Å². The first-order valence-electron chi connectivity index (χ1n) is 11.7. The summed E-state index contributed by atoms with van der Waals surface area (Å²) in [7, 11) is 0. The van der Waals surface area contributed by atoms with Gasteiger partial charge in [0.1, 0.15) is 11.9 Å². The molecular weight excluding hydrogens is 522 g/mol. The van der Waals surface area contributed by atoms with Crippen molar-refractivity contribution in [1.29, 1.82) is 0 Å². The predicted molar refractivity (Wildman–Crippen MR) is 145 cm³/mol. The predicted octanol–water partition coefficient (Wildman–Crippen LogP) is 6.91.